The number of rotatable bonds is 2. The third-order valence-electron chi connectivity index (χ3n) is 5.13. The summed E-state index contributed by atoms with van der Waals surface area (Å²) in [5.41, 5.74) is 1.42. The summed E-state index contributed by atoms with van der Waals surface area (Å²) in [6.45, 7) is -0.00560. The normalized spacial score (nSPS) is 16.0. The fraction of sp³-hybridized carbons (Fsp3) is 0.182. The van der Waals surface area contributed by atoms with Crippen molar-refractivity contribution in [2.75, 3.05) is 7.11 Å². The molecule has 0 saturated heterocycles. The van der Waals surface area contributed by atoms with Crippen LogP contribution in [0.15, 0.2) is 54.6 Å². The largest absolute Gasteiger partial charge is 0.467 e. The summed E-state index contributed by atoms with van der Waals surface area (Å²) in [5.74, 6) is -2.91. The van der Waals surface area contributed by atoms with Gasteiger partial charge in [0.05, 0.1) is 7.11 Å². The molecule has 0 aliphatic carbocycles. The first-order chi connectivity index (χ1) is 13.5. The molecule has 28 heavy (non-hydrogen) atoms. The topological polar surface area (TPSA) is 46.6 Å². The van der Waals surface area contributed by atoms with E-state index in [0.717, 1.165) is 22.9 Å². The van der Waals surface area contributed by atoms with Crippen molar-refractivity contribution in [3.05, 3.63) is 82.9 Å². The van der Waals surface area contributed by atoms with E-state index in [2.05, 4.69) is 0 Å². The molecule has 1 atom stereocenters. The Kier molecular flexibility index (Phi) is 4.55. The third kappa shape index (κ3) is 3.01. The van der Waals surface area contributed by atoms with Gasteiger partial charge in [0.2, 0.25) is 0 Å². The van der Waals surface area contributed by atoms with Gasteiger partial charge < -0.3 is 9.64 Å². The van der Waals surface area contributed by atoms with Gasteiger partial charge in [-0.05, 0) is 40.1 Å². The first-order valence-corrected chi connectivity index (χ1v) is 8.83. The Balaban J connectivity index is 1.80. The van der Waals surface area contributed by atoms with Crippen LogP contribution in [-0.2, 0) is 22.5 Å². The number of fused-ring (bicyclic) bond motifs is 2. The number of esters is 1. The molecule has 0 saturated carbocycles. The van der Waals surface area contributed by atoms with Crippen LogP contribution in [-0.4, -0.2) is 29.9 Å². The van der Waals surface area contributed by atoms with E-state index in [-0.39, 0.29) is 18.9 Å². The number of hydrogen-bond donors (Lipinski definition) is 0. The van der Waals surface area contributed by atoms with Crippen LogP contribution in [0.5, 0.6) is 0 Å². The highest BCUT2D eigenvalue weighted by Gasteiger charge is 2.36. The second-order valence-corrected chi connectivity index (χ2v) is 6.74. The molecule has 0 aromatic heterocycles. The minimum Gasteiger partial charge on any atom is -0.467 e. The van der Waals surface area contributed by atoms with E-state index in [1.807, 2.05) is 30.3 Å². The minimum atomic E-state index is -0.979. The maximum Gasteiger partial charge on any atom is 0.328 e. The molecule has 1 aliphatic heterocycles. The lowest BCUT2D eigenvalue weighted by molar-refractivity contribution is -0.146. The van der Waals surface area contributed by atoms with Crippen LogP contribution in [0, 0.1) is 11.6 Å². The highest BCUT2D eigenvalue weighted by molar-refractivity contribution is 6.08. The maximum atomic E-state index is 13.7. The average molecular weight is 381 g/mol. The van der Waals surface area contributed by atoms with Gasteiger partial charge in [0.1, 0.15) is 6.04 Å². The van der Waals surface area contributed by atoms with Gasteiger partial charge in [0.15, 0.2) is 11.6 Å². The lowest BCUT2D eigenvalue weighted by Crippen LogP contribution is -2.49. The summed E-state index contributed by atoms with van der Waals surface area (Å²) >= 11 is 0. The molecule has 0 fully saturated rings. The van der Waals surface area contributed by atoms with E-state index in [9.17, 15) is 18.4 Å². The molecule has 0 bridgehead atoms. The first kappa shape index (κ1) is 18.1. The van der Waals surface area contributed by atoms with Crippen LogP contribution in [0.25, 0.3) is 10.8 Å². The predicted molar refractivity (Wildman–Crippen MR) is 99.7 cm³/mol. The maximum absolute atomic E-state index is 13.7. The Morgan fingerprint density at radius 2 is 1.68 bits per heavy atom. The Hall–Kier alpha value is -3.28. The molecule has 0 N–H and O–H groups in total. The van der Waals surface area contributed by atoms with Crippen molar-refractivity contribution < 1.29 is 23.1 Å². The van der Waals surface area contributed by atoms with Gasteiger partial charge in [0.25, 0.3) is 5.91 Å². The Bertz CT molecular complexity index is 1090. The number of amides is 1. The molecular formula is C22H17F2NO3. The Morgan fingerprint density at radius 3 is 2.43 bits per heavy atom. The third-order valence-corrected chi connectivity index (χ3v) is 5.13. The van der Waals surface area contributed by atoms with Crippen LogP contribution >= 0.6 is 0 Å². The molecule has 0 radical (unpaired) electrons. The van der Waals surface area contributed by atoms with E-state index in [1.54, 1.807) is 12.1 Å². The van der Waals surface area contributed by atoms with Crippen molar-refractivity contribution in [3.63, 3.8) is 0 Å². The van der Waals surface area contributed by atoms with Crippen molar-refractivity contribution >= 4 is 22.6 Å². The SMILES string of the molecule is COC(=O)[C@@H]1Cc2cc(F)c(F)cc2CN1C(=O)c1cccc2ccccc12. The van der Waals surface area contributed by atoms with E-state index in [0.29, 0.717) is 16.7 Å². The summed E-state index contributed by atoms with van der Waals surface area (Å²) in [4.78, 5) is 27.1. The zero-order valence-corrected chi connectivity index (χ0v) is 15.1. The van der Waals surface area contributed by atoms with Gasteiger partial charge >= 0.3 is 5.97 Å². The fourth-order valence-electron chi connectivity index (χ4n) is 3.71. The number of halogens is 2. The molecule has 0 spiro atoms. The van der Waals surface area contributed by atoms with E-state index < -0.39 is 23.6 Å². The summed E-state index contributed by atoms with van der Waals surface area (Å²) in [6, 6.07) is 14.1. The summed E-state index contributed by atoms with van der Waals surface area (Å²) in [7, 11) is 1.24. The summed E-state index contributed by atoms with van der Waals surface area (Å²) in [5, 5.41) is 1.66. The zero-order chi connectivity index (χ0) is 19.8. The fourth-order valence-corrected chi connectivity index (χ4v) is 3.71. The highest BCUT2D eigenvalue weighted by Crippen LogP contribution is 2.29. The van der Waals surface area contributed by atoms with Crippen LogP contribution in [0.1, 0.15) is 21.5 Å². The second kappa shape index (κ2) is 7.03. The number of benzene rings is 3. The zero-order valence-electron chi connectivity index (χ0n) is 15.1. The number of nitrogens with zero attached hydrogens (tertiary/aromatic N) is 1. The van der Waals surface area contributed by atoms with Gasteiger partial charge in [-0.25, -0.2) is 13.6 Å². The smallest absolute Gasteiger partial charge is 0.328 e. The van der Waals surface area contributed by atoms with Gasteiger partial charge in [-0.15, -0.1) is 0 Å². The number of hydrogen-bond acceptors (Lipinski definition) is 3. The molecule has 1 aliphatic rings. The van der Waals surface area contributed by atoms with Crippen LogP contribution in [0.2, 0.25) is 0 Å². The number of ether oxygens (including phenoxy) is 1. The minimum absolute atomic E-state index is 0.00560. The van der Waals surface area contributed by atoms with Crippen molar-refractivity contribution in [3.8, 4) is 0 Å². The predicted octanol–water partition coefficient (Wildman–Crippen LogP) is 3.86. The standard InChI is InChI=1S/C22H17F2NO3/c1-28-22(27)20-11-14-9-18(23)19(24)10-15(14)12-25(20)21(26)17-8-4-6-13-5-2-3-7-16(13)17/h2-10,20H,11-12H2,1H3/t20-/m0/s1. The van der Waals surface area contributed by atoms with Gasteiger partial charge in [-0.3, -0.25) is 4.79 Å². The first-order valence-electron chi connectivity index (χ1n) is 8.83. The Morgan fingerprint density at radius 1 is 1.00 bits per heavy atom. The van der Waals surface area contributed by atoms with Crippen molar-refractivity contribution in [1.29, 1.82) is 0 Å². The molecule has 3 aromatic carbocycles. The number of carbonyl (C=O) groups is 2. The van der Waals surface area contributed by atoms with Crippen molar-refractivity contribution in [1.82, 2.24) is 4.90 Å². The monoisotopic (exact) mass is 381 g/mol. The van der Waals surface area contributed by atoms with Gasteiger partial charge in [0, 0.05) is 18.5 Å². The van der Waals surface area contributed by atoms with Crippen LogP contribution < -0.4 is 0 Å². The summed E-state index contributed by atoms with van der Waals surface area (Å²) in [6.07, 6.45) is 0.0652. The van der Waals surface area contributed by atoms with E-state index >= 15 is 0 Å². The average Bonchev–Trinajstić information content (AvgIpc) is 2.72. The van der Waals surface area contributed by atoms with Crippen molar-refractivity contribution in [2.45, 2.75) is 19.0 Å². The molecule has 1 amide bonds. The lowest BCUT2D eigenvalue weighted by Gasteiger charge is -2.35. The number of methoxy groups -OCH3 is 1. The number of carbonyl (C=O) groups excluding carboxylic acids is 2. The lowest BCUT2D eigenvalue weighted by atomic mass is 9.92. The molecule has 142 valence electrons. The molecule has 0 unspecified atom stereocenters. The van der Waals surface area contributed by atoms with Crippen LogP contribution in [0.3, 0.4) is 0 Å². The van der Waals surface area contributed by atoms with Crippen LogP contribution in [0.4, 0.5) is 8.78 Å². The molecule has 6 heteroatoms. The molecule has 1 heterocycles. The molecule has 3 aromatic rings. The molecular weight excluding hydrogens is 364 g/mol. The van der Waals surface area contributed by atoms with E-state index in [1.165, 1.54) is 12.0 Å². The van der Waals surface area contributed by atoms with Crippen molar-refractivity contribution in [2.24, 2.45) is 0 Å². The molecule has 4 rings (SSSR count). The van der Waals surface area contributed by atoms with Gasteiger partial charge in [-0.2, -0.15) is 0 Å². The van der Waals surface area contributed by atoms with E-state index in [4.69, 9.17) is 4.74 Å². The Labute approximate surface area is 160 Å². The second-order valence-electron chi connectivity index (χ2n) is 6.74. The summed E-state index contributed by atoms with van der Waals surface area (Å²) < 4.78 is 32.2. The highest BCUT2D eigenvalue weighted by atomic mass is 19.2. The molecule has 4 nitrogen and oxygen atoms in total. The quantitative estimate of drug-likeness (QED) is 0.634. The van der Waals surface area contributed by atoms with Gasteiger partial charge in [-0.1, -0.05) is 36.4 Å².